The van der Waals surface area contributed by atoms with Crippen LogP contribution in [0.1, 0.15) is 42.4 Å². The van der Waals surface area contributed by atoms with Crippen molar-refractivity contribution in [2.75, 3.05) is 6.61 Å². The number of halogens is 4. The van der Waals surface area contributed by atoms with Gasteiger partial charge >= 0.3 is 6.18 Å². The molecule has 0 aliphatic rings. The van der Waals surface area contributed by atoms with Crippen LogP contribution < -0.4 is 4.74 Å². The van der Waals surface area contributed by atoms with Crippen LogP contribution in [0.15, 0.2) is 104 Å². The lowest BCUT2D eigenvalue weighted by Crippen LogP contribution is -2.35. The Labute approximate surface area is 252 Å². The van der Waals surface area contributed by atoms with Crippen molar-refractivity contribution in [3.8, 4) is 22.7 Å². The molecule has 44 heavy (non-hydrogen) atoms. The summed E-state index contributed by atoms with van der Waals surface area (Å²) in [6, 6.07) is 22.6. The van der Waals surface area contributed by atoms with Gasteiger partial charge in [0.05, 0.1) is 30.3 Å². The number of imidazole rings is 1. The number of alkyl halides is 3. The van der Waals surface area contributed by atoms with Crippen LogP contribution >= 0.6 is 0 Å². The van der Waals surface area contributed by atoms with Crippen LogP contribution in [0.4, 0.5) is 17.6 Å². The van der Waals surface area contributed by atoms with Crippen molar-refractivity contribution in [1.29, 1.82) is 0 Å². The number of aromatic nitrogens is 3. The van der Waals surface area contributed by atoms with Crippen molar-refractivity contribution < 1.29 is 27.1 Å². The predicted octanol–water partition coefficient (Wildman–Crippen LogP) is 7.82. The average Bonchev–Trinajstić information content (AvgIpc) is 3.47. The highest BCUT2D eigenvalue weighted by molar-refractivity contribution is 5.79. The molecule has 3 aromatic carbocycles. The summed E-state index contributed by atoms with van der Waals surface area (Å²) in [6.07, 6.45) is -0.132. The van der Waals surface area contributed by atoms with Crippen LogP contribution in [0.25, 0.3) is 16.9 Å². The average molecular weight is 603 g/mol. The Morgan fingerprint density at radius 2 is 1.73 bits per heavy atom. The first-order valence-electron chi connectivity index (χ1n) is 14.1. The smallest absolute Gasteiger partial charge is 0.419 e. The first kappa shape index (κ1) is 30.5. The lowest BCUT2D eigenvalue weighted by Gasteiger charge is -2.30. The van der Waals surface area contributed by atoms with Gasteiger partial charge in [-0.25, -0.2) is 9.37 Å². The van der Waals surface area contributed by atoms with Crippen LogP contribution in [-0.4, -0.2) is 31.9 Å². The highest BCUT2D eigenvalue weighted by Gasteiger charge is 2.35. The molecular weight excluding hydrogens is 572 g/mol. The highest BCUT2D eigenvalue weighted by Crippen LogP contribution is 2.33. The van der Waals surface area contributed by atoms with Gasteiger partial charge in [0, 0.05) is 36.4 Å². The van der Waals surface area contributed by atoms with Crippen molar-refractivity contribution in [3.05, 3.63) is 132 Å². The molecule has 0 aliphatic carbocycles. The maximum atomic E-state index is 14.0. The zero-order valence-electron chi connectivity index (χ0n) is 24.1. The Morgan fingerprint density at radius 1 is 0.977 bits per heavy atom. The fourth-order valence-corrected chi connectivity index (χ4v) is 4.96. The molecule has 1 amide bonds. The Hall–Kier alpha value is -4.99. The van der Waals surface area contributed by atoms with Crippen LogP contribution in [0.5, 0.6) is 5.75 Å². The van der Waals surface area contributed by atoms with E-state index in [1.165, 1.54) is 6.07 Å². The lowest BCUT2D eigenvalue weighted by atomic mass is 10.1. The Balaban J connectivity index is 1.56. The number of pyridine rings is 1. The summed E-state index contributed by atoms with van der Waals surface area (Å²) in [5, 5.41) is 0. The third kappa shape index (κ3) is 6.96. The Morgan fingerprint density at radius 3 is 2.39 bits per heavy atom. The number of carbonyl (C=O) groups excluding carboxylic acids is 1. The summed E-state index contributed by atoms with van der Waals surface area (Å²) in [4.78, 5) is 24.6. The van der Waals surface area contributed by atoms with Gasteiger partial charge in [0.1, 0.15) is 17.4 Å². The summed E-state index contributed by atoms with van der Waals surface area (Å²) in [6.45, 7) is 4.37. The van der Waals surface area contributed by atoms with E-state index < -0.39 is 29.5 Å². The Kier molecular flexibility index (Phi) is 9.08. The first-order chi connectivity index (χ1) is 21.1. The van der Waals surface area contributed by atoms with Gasteiger partial charge < -0.3 is 14.2 Å². The molecule has 0 fully saturated rings. The quantitative estimate of drug-likeness (QED) is 0.153. The van der Waals surface area contributed by atoms with Crippen molar-refractivity contribution in [1.82, 2.24) is 19.4 Å². The second-order valence-electron chi connectivity index (χ2n) is 10.2. The molecule has 5 rings (SSSR count). The number of hydrogen-bond acceptors (Lipinski definition) is 4. The minimum atomic E-state index is -4.89. The summed E-state index contributed by atoms with van der Waals surface area (Å²) in [7, 11) is 0. The van der Waals surface area contributed by atoms with Crippen molar-refractivity contribution >= 4 is 5.91 Å². The van der Waals surface area contributed by atoms with E-state index in [4.69, 9.17) is 9.72 Å². The molecule has 10 heteroatoms. The van der Waals surface area contributed by atoms with E-state index in [1.807, 2.05) is 85.3 Å². The molecule has 2 heterocycles. The van der Waals surface area contributed by atoms with Gasteiger partial charge in [0.15, 0.2) is 0 Å². The summed E-state index contributed by atoms with van der Waals surface area (Å²) < 4.78 is 61.7. The summed E-state index contributed by atoms with van der Waals surface area (Å²) in [5.74, 6) is -0.593. The standard InChI is InChI=1S/C34H30F4N4O2/c1-3-44-28-14-12-27(13-15-28)42-22-31(26-9-5-4-6-10-26)40-33(42)23(2)41(21-25-8-7-17-39-20-25)32(43)19-24-11-16-30(35)29(18-24)34(36,37)38/h4-18,20,22-23H,3,19,21H2,1-2H3. The maximum Gasteiger partial charge on any atom is 0.419 e. The topological polar surface area (TPSA) is 60.2 Å². The molecule has 0 spiro atoms. The van der Waals surface area contributed by atoms with Gasteiger partial charge in [-0.2, -0.15) is 13.2 Å². The number of benzene rings is 3. The van der Waals surface area contributed by atoms with Crippen LogP contribution in [0, 0.1) is 5.82 Å². The third-order valence-corrected chi connectivity index (χ3v) is 7.16. The molecule has 0 radical (unpaired) electrons. The monoisotopic (exact) mass is 602 g/mol. The van der Waals surface area contributed by atoms with E-state index in [0.29, 0.717) is 29.9 Å². The predicted molar refractivity (Wildman–Crippen MR) is 158 cm³/mol. The van der Waals surface area contributed by atoms with Gasteiger partial charge in [0.2, 0.25) is 5.91 Å². The molecule has 226 valence electrons. The van der Waals surface area contributed by atoms with E-state index in [1.54, 1.807) is 23.4 Å². The number of ether oxygens (including phenoxy) is 1. The van der Waals surface area contributed by atoms with Gasteiger partial charge in [-0.05, 0) is 67.4 Å². The first-order valence-corrected chi connectivity index (χ1v) is 14.1. The van der Waals surface area contributed by atoms with Gasteiger partial charge in [-0.15, -0.1) is 0 Å². The zero-order chi connectivity index (χ0) is 31.3. The highest BCUT2D eigenvalue weighted by atomic mass is 19.4. The largest absolute Gasteiger partial charge is 0.494 e. The van der Waals surface area contributed by atoms with Gasteiger partial charge in [0.25, 0.3) is 0 Å². The van der Waals surface area contributed by atoms with Crippen LogP contribution in [0.3, 0.4) is 0 Å². The molecule has 0 bridgehead atoms. The van der Waals surface area contributed by atoms with E-state index >= 15 is 0 Å². The second kappa shape index (κ2) is 13.1. The van der Waals surface area contributed by atoms with Gasteiger partial charge in [-0.3, -0.25) is 9.78 Å². The summed E-state index contributed by atoms with van der Waals surface area (Å²) in [5.41, 5.74) is 1.71. The van der Waals surface area contributed by atoms with E-state index in [-0.39, 0.29) is 18.5 Å². The normalized spacial score (nSPS) is 12.1. The lowest BCUT2D eigenvalue weighted by molar-refractivity contribution is -0.140. The minimum Gasteiger partial charge on any atom is -0.494 e. The third-order valence-electron chi connectivity index (χ3n) is 7.16. The molecule has 0 N–H and O–H groups in total. The molecule has 0 aliphatic heterocycles. The molecule has 6 nitrogen and oxygen atoms in total. The number of nitrogens with zero attached hydrogens (tertiary/aromatic N) is 4. The molecule has 2 aromatic heterocycles. The molecule has 5 aromatic rings. The molecule has 1 unspecified atom stereocenters. The van der Waals surface area contributed by atoms with Gasteiger partial charge in [-0.1, -0.05) is 42.5 Å². The van der Waals surface area contributed by atoms with Crippen molar-refractivity contribution in [2.45, 2.75) is 39.0 Å². The molecule has 0 saturated carbocycles. The van der Waals surface area contributed by atoms with E-state index in [2.05, 4.69) is 4.98 Å². The molecular formula is C34H30F4N4O2. The summed E-state index contributed by atoms with van der Waals surface area (Å²) >= 11 is 0. The van der Waals surface area contributed by atoms with Crippen molar-refractivity contribution in [2.24, 2.45) is 0 Å². The molecule has 0 saturated heterocycles. The van der Waals surface area contributed by atoms with E-state index in [0.717, 1.165) is 22.9 Å². The maximum absolute atomic E-state index is 14.0. The minimum absolute atomic E-state index is 0.0481. The van der Waals surface area contributed by atoms with Crippen LogP contribution in [0.2, 0.25) is 0 Å². The number of carbonyl (C=O) groups is 1. The fraction of sp³-hybridized carbons (Fsp3) is 0.206. The van der Waals surface area contributed by atoms with Crippen molar-refractivity contribution in [3.63, 3.8) is 0 Å². The second-order valence-corrected chi connectivity index (χ2v) is 10.2. The number of amides is 1. The fourth-order valence-electron chi connectivity index (χ4n) is 4.96. The Bertz CT molecular complexity index is 1710. The number of hydrogen-bond donors (Lipinski definition) is 0. The SMILES string of the molecule is CCOc1ccc(-n2cc(-c3ccccc3)nc2C(C)N(Cc2cccnc2)C(=O)Cc2ccc(F)c(C(F)(F)F)c2)cc1. The van der Waals surface area contributed by atoms with Crippen LogP contribution in [-0.2, 0) is 23.9 Å². The number of rotatable bonds is 10. The zero-order valence-corrected chi connectivity index (χ0v) is 24.1. The molecule has 1 atom stereocenters. The van der Waals surface area contributed by atoms with E-state index in [9.17, 15) is 22.4 Å².